The first-order chi connectivity index (χ1) is 8.59. The molecule has 2 rings (SSSR count). The molecule has 0 aromatic carbocycles. The molecule has 2 aromatic heterocycles. The van der Waals surface area contributed by atoms with Gasteiger partial charge in [-0.25, -0.2) is 0 Å². The fraction of sp³-hybridized carbons (Fsp3) is 0.444. The maximum atomic E-state index is 10.8. The van der Waals surface area contributed by atoms with E-state index in [1.54, 1.807) is 18.5 Å². The topological polar surface area (TPSA) is 112 Å². The van der Waals surface area contributed by atoms with Crippen LogP contribution in [-0.4, -0.2) is 31.2 Å². The van der Waals surface area contributed by atoms with Crippen LogP contribution >= 0.6 is 0 Å². The monoisotopic (exact) mass is 252 g/mol. The molecule has 2 aromatic rings. The number of anilines is 1. The van der Waals surface area contributed by atoms with Gasteiger partial charge in [0.25, 0.3) is 0 Å². The maximum absolute atomic E-state index is 10.8. The Balaban J connectivity index is 2.06. The number of nitro groups is 1. The molecule has 0 amide bonds. The molecule has 0 radical (unpaired) electrons. The number of aromatic nitrogens is 4. The standard InChI is InChI=1S/C9H12N6O3/c1-6-13-9(15(16)17)8(14(6)2)10-4-3-7-11-5-12-18-7/h5,10H,3-4H2,1-2H3. The lowest BCUT2D eigenvalue weighted by Crippen LogP contribution is -2.10. The van der Waals surface area contributed by atoms with Crippen molar-refractivity contribution in [3.63, 3.8) is 0 Å². The van der Waals surface area contributed by atoms with E-state index < -0.39 is 4.92 Å². The van der Waals surface area contributed by atoms with Crippen molar-refractivity contribution in [2.24, 2.45) is 7.05 Å². The van der Waals surface area contributed by atoms with Gasteiger partial charge in [-0.1, -0.05) is 5.16 Å². The Morgan fingerprint density at radius 1 is 1.61 bits per heavy atom. The van der Waals surface area contributed by atoms with Crippen LogP contribution in [0, 0.1) is 17.0 Å². The molecule has 0 aliphatic heterocycles. The lowest BCUT2D eigenvalue weighted by Gasteiger charge is -2.04. The summed E-state index contributed by atoms with van der Waals surface area (Å²) in [7, 11) is 1.71. The molecule has 0 saturated heterocycles. The van der Waals surface area contributed by atoms with Gasteiger partial charge in [-0.05, 0) is 9.91 Å². The number of nitrogens with one attached hydrogen (secondary N) is 1. The van der Waals surface area contributed by atoms with Gasteiger partial charge in [0.2, 0.25) is 17.5 Å². The minimum Gasteiger partial charge on any atom is -0.364 e. The van der Waals surface area contributed by atoms with Crippen LogP contribution < -0.4 is 5.32 Å². The fourth-order valence-electron chi connectivity index (χ4n) is 1.51. The molecule has 0 fully saturated rings. The van der Waals surface area contributed by atoms with Crippen LogP contribution in [0.2, 0.25) is 0 Å². The molecule has 1 N–H and O–H groups in total. The van der Waals surface area contributed by atoms with Crippen LogP contribution in [0.15, 0.2) is 10.9 Å². The van der Waals surface area contributed by atoms with E-state index in [1.165, 1.54) is 6.33 Å². The summed E-state index contributed by atoms with van der Waals surface area (Å²) in [6, 6.07) is 0. The third-order valence-electron chi connectivity index (χ3n) is 2.51. The summed E-state index contributed by atoms with van der Waals surface area (Å²) in [6.45, 7) is 2.15. The highest BCUT2D eigenvalue weighted by atomic mass is 16.6. The van der Waals surface area contributed by atoms with E-state index in [1.807, 2.05) is 0 Å². The van der Waals surface area contributed by atoms with Gasteiger partial charge in [0.1, 0.15) is 0 Å². The summed E-state index contributed by atoms with van der Waals surface area (Å²) in [6.07, 6.45) is 1.80. The zero-order valence-electron chi connectivity index (χ0n) is 9.95. The van der Waals surface area contributed by atoms with Crippen molar-refractivity contribution in [2.75, 3.05) is 11.9 Å². The van der Waals surface area contributed by atoms with Crippen LogP contribution in [0.4, 0.5) is 11.6 Å². The van der Waals surface area contributed by atoms with E-state index in [9.17, 15) is 10.1 Å². The highest BCUT2D eigenvalue weighted by Gasteiger charge is 2.23. The quantitative estimate of drug-likeness (QED) is 0.614. The van der Waals surface area contributed by atoms with Crippen molar-refractivity contribution in [3.8, 4) is 0 Å². The van der Waals surface area contributed by atoms with Gasteiger partial charge >= 0.3 is 5.82 Å². The van der Waals surface area contributed by atoms with Crippen LogP contribution in [0.5, 0.6) is 0 Å². The van der Waals surface area contributed by atoms with Crippen molar-refractivity contribution in [2.45, 2.75) is 13.3 Å². The smallest absolute Gasteiger partial charge is 0.364 e. The summed E-state index contributed by atoms with van der Waals surface area (Å²) < 4.78 is 6.46. The fourth-order valence-corrected chi connectivity index (χ4v) is 1.51. The van der Waals surface area contributed by atoms with Crippen molar-refractivity contribution in [3.05, 3.63) is 28.2 Å². The van der Waals surface area contributed by atoms with Crippen molar-refractivity contribution in [1.29, 1.82) is 0 Å². The number of rotatable bonds is 5. The van der Waals surface area contributed by atoms with E-state index in [2.05, 4.69) is 20.4 Å². The van der Waals surface area contributed by atoms with Crippen LogP contribution in [0.25, 0.3) is 0 Å². The average Bonchev–Trinajstić information content (AvgIpc) is 2.92. The van der Waals surface area contributed by atoms with Crippen molar-refractivity contribution in [1.82, 2.24) is 19.7 Å². The lowest BCUT2D eigenvalue weighted by atomic mass is 10.4. The summed E-state index contributed by atoms with van der Waals surface area (Å²) in [5.74, 6) is 1.24. The van der Waals surface area contributed by atoms with Gasteiger partial charge in [-0.15, -0.1) is 0 Å². The molecule has 2 heterocycles. The lowest BCUT2D eigenvalue weighted by molar-refractivity contribution is -0.388. The highest BCUT2D eigenvalue weighted by molar-refractivity contribution is 5.53. The maximum Gasteiger partial charge on any atom is 0.406 e. The number of hydrogen-bond acceptors (Lipinski definition) is 7. The first kappa shape index (κ1) is 12.0. The Morgan fingerprint density at radius 2 is 2.39 bits per heavy atom. The van der Waals surface area contributed by atoms with Crippen LogP contribution in [0.3, 0.4) is 0 Å². The molecule has 9 nitrogen and oxygen atoms in total. The van der Waals surface area contributed by atoms with Crippen LogP contribution in [-0.2, 0) is 13.5 Å². The second-order valence-corrected chi connectivity index (χ2v) is 3.66. The summed E-state index contributed by atoms with van der Waals surface area (Å²) in [5.41, 5.74) is 0. The number of imidazole rings is 1. The molecule has 0 bridgehead atoms. The molecule has 0 spiro atoms. The molecule has 9 heteroatoms. The summed E-state index contributed by atoms with van der Waals surface area (Å²) >= 11 is 0. The third kappa shape index (κ3) is 2.29. The van der Waals surface area contributed by atoms with E-state index in [4.69, 9.17) is 4.52 Å². The minimum atomic E-state index is -0.512. The number of aryl methyl sites for hydroxylation is 1. The normalized spacial score (nSPS) is 10.6. The predicted molar refractivity (Wildman–Crippen MR) is 61.1 cm³/mol. The zero-order valence-corrected chi connectivity index (χ0v) is 9.95. The van der Waals surface area contributed by atoms with Gasteiger partial charge in [0, 0.05) is 26.9 Å². The SMILES string of the molecule is Cc1nc([N+](=O)[O-])c(NCCc2ncno2)n1C. The summed E-state index contributed by atoms with van der Waals surface area (Å²) in [4.78, 5) is 18.0. The number of nitrogens with zero attached hydrogens (tertiary/aromatic N) is 5. The molecule has 0 aliphatic rings. The molecule has 0 saturated carbocycles. The van der Waals surface area contributed by atoms with E-state index in [0.29, 0.717) is 30.5 Å². The van der Waals surface area contributed by atoms with Gasteiger partial charge in [-0.2, -0.15) is 4.98 Å². The Hall–Kier alpha value is -2.45. The van der Waals surface area contributed by atoms with Gasteiger partial charge in [0.05, 0.1) is 0 Å². The largest absolute Gasteiger partial charge is 0.406 e. The average molecular weight is 252 g/mol. The van der Waals surface area contributed by atoms with Gasteiger partial charge in [-0.3, -0.25) is 4.57 Å². The second-order valence-electron chi connectivity index (χ2n) is 3.66. The molecule has 0 aliphatic carbocycles. The van der Waals surface area contributed by atoms with E-state index >= 15 is 0 Å². The van der Waals surface area contributed by atoms with Gasteiger partial charge < -0.3 is 20.0 Å². The van der Waals surface area contributed by atoms with E-state index in [-0.39, 0.29) is 5.82 Å². The van der Waals surface area contributed by atoms with Crippen molar-refractivity contribution < 1.29 is 9.45 Å². The Labute approximate surface area is 102 Å². The predicted octanol–water partition coefficient (Wildman–Crippen LogP) is 0.674. The Morgan fingerprint density at radius 3 is 3.00 bits per heavy atom. The molecular formula is C9H12N6O3. The van der Waals surface area contributed by atoms with Crippen LogP contribution in [0.1, 0.15) is 11.7 Å². The van der Waals surface area contributed by atoms with Crippen molar-refractivity contribution >= 4 is 11.6 Å². The molecular weight excluding hydrogens is 240 g/mol. The van der Waals surface area contributed by atoms with Gasteiger partial charge in [0.15, 0.2) is 6.33 Å². The Kier molecular flexibility index (Phi) is 3.22. The molecule has 18 heavy (non-hydrogen) atoms. The molecule has 0 atom stereocenters. The highest BCUT2D eigenvalue weighted by Crippen LogP contribution is 2.23. The van der Waals surface area contributed by atoms with E-state index in [0.717, 1.165) is 0 Å². The second kappa shape index (κ2) is 4.82. The number of hydrogen-bond donors (Lipinski definition) is 1. The minimum absolute atomic E-state index is 0.180. The first-order valence-corrected chi connectivity index (χ1v) is 5.26. The summed E-state index contributed by atoms with van der Waals surface area (Å²) in [5, 5.41) is 17.3. The molecule has 96 valence electrons. The molecule has 0 unspecified atom stereocenters. The third-order valence-corrected chi connectivity index (χ3v) is 2.51. The zero-order chi connectivity index (χ0) is 13.1. The Bertz CT molecular complexity index is 547. The first-order valence-electron chi connectivity index (χ1n) is 5.26.